The molecule has 0 atom stereocenters. The summed E-state index contributed by atoms with van der Waals surface area (Å²) in [6.07, 6.45) is 3.28. The lowest BCUT2D eigenvalue weighted by molar-refractivity contribution is -0.130. The van der Waals surface area contributed by atoms with Gasteiger partial charge in [-0.05, 0) is 35.9 Å². The van der Waals surface area contributed by atoms with Gasteiger partial charge >= 0.3 is 6.03 Å². The van der Waals surface area contributed by atoms with Gasteiger partial charge in [-0.1, -0.05) is 12.1 Å². The number of ether oxygens (including phenoxy) is 1. The molecular formula is C18H17N3O4. The van der Waals surface area contributed by atoms with Crippen LogP contribution in [-0.2, 0) is 23.2 Å². The van der Waals surface area contributed by atoms with E-state index in [4.69, 9.17) is 4.74 Å². The maximum Gasteiger partial charge on any atom is 0.331 e. The molecule has 7 nitrogen and oxygen atoms in total. The number of rotatable bonds is 4. The smallest absolute Gasteiger partial charge is 0.331 e. The third-order valence-electron chi connectivity index (χ3n) is 3.96. The average molecular weight is 339 g/mol. The Morgan fingerprint density at radius 3 is 2.44 bits per heavy atom. The van der Waals surface area contributed by atoms with Crippen LogP contribution in [0, 0.1) is 0 Å². The lowest BCUT2D eigenvalue weighted by Gasteiger charge is -2.26. The predicted molar refractivity (Wildman–Crippen MR) is 90.5 cm³/mol. The summed E-state index contributed by atoms with van der Waals surface area (Å²) in [4.78, 5) is 37.8. The van der Waals surface area contributed by atoms with Gasteiger partial charge in [0.15, 0.2) is 0 Å². The molecular weight excluding hydrogens is 322 g/mol. The Hall–Kier alpha value is -3.35. The van der Waals surface area contributed by atoms with Gasteiger partial charge < -0.3 is 9.30 Å². The molecule has 1 aromatic carbocycles. The van der Waals surface area contributed by atoms with Crippen LogP contribution in [0.4, 0.5) is 4.79 Å². The summed E-state index contributed by atoms with van der Waals surface area (Å²) in [6, 6.07) is 9.86. The number of imide groups is 2. The van der Waals surface area contributed by atoms with Crippen molar-refractivity contribution >= 4 is 23.9 Å². The third kappa shape index (κ3) is 3.30. The van der Waals surface area contributed by atoms with Crippen LogP contribution in [0.2, 0.25) is 0 Å². The molecule has 1 saturated heterocycles. The molecule has 0 unspecified atom stereocenters. The van der Waals surface area contributed by atoms with Crippen molar-refractivity contribution in [1.82, 2.24) is 14.8 Å². The maximum atomic E-state index is 12.7. The number of methoxy groups -OCH3 is 1. The summed E-state index contributed by atoms with van der Waals surface area (Å²) in [5.41, 5.74) is 1.36. The fraction of sp³-hybridized carbons (Fsp3) is 0.167. The van der Waals surface area contributed by atoms with Gasteiger partial charge in [0.05, 0.1) is 13.7 Å². The summed E-state index contributed by atoms with van der Waals surface area (Å²) in [5, 5.41) is 2.21. The molecule has 2 aromatic rings. The first kappa shape index (κ1) is 16.5. The summed E-state index contributed by atoms with van der Waals surface area (Å²) in [5.74, 6) is -0.634. The molecule has 4 amide bonds. The Morgan fingerprint density at radius 1 is 1.12 bits per heavy atom. The van der Waals surface area contributed by atoms with Crippen LogP contribution in [0.1, 0.15) is 11.3 Å². The van der Waals surface area contributed by atoms with Gasteiger partial charge in [0.1, 0.15) is 11.3 Å². The summed E-state index contributed by atoms with van der Waals surface area (Å²) in [7, 11) is 3.36. The lowest BCUT2D eigenvalue weighted by Crippen LogP contribution is -2.53. The van der Waals surface area contributed by atoms with E-state index in [9.17, 15) is 14.4 Å². The topological polar surface area (TPSA) is 80.6 Å². The molecule has 1 fully saturated rings. The largest absolute Gasteiger partial charge is 0.497 e. The van der Waals surface area contributed by atoms with Crippen molar-refractivity contribution in [3.05, 3.63) is 59.4 Å². The first-order valence-corrected chi connectivity index (χ1v) is 7.62. The van der Waals surface area contributed by atoms with Gasteiger partial charge in [0.25, 0.3) is 11.8 Å². The molecule has 7 heteroatoms. The number of barbiturate groups is 1. The molecule has 25 heavy (non-hydrogen) atoms. The molecule has 0 radical (unpaired) electrons. The quantitative estimate of drug-likeness (QED) is 0.679. The van der Waals surface area contributed by atoms with E-state index in [1.807, 2.05) is 0 Å². The van der Waals surface area contributed by atoms with Crippen molar-refractivity contribution in [2.45, 2.75) is 6.54 Å². The molecule has 0 spiro atoms. The summed E-state index contributed by atoms with van der Waals surface area (Å²) < 4.78 is 6.86. The van der Waals surface area contributed by atoms with Crippen molar-refractivity contribution in [1.29, 1.82) is 0 Å². The standard InChI is InChI=1S/C18H17N3O4/c1-20-9-3-4-13(20)10-15-16(22)19-18(24)21(17(15)23)11-12-5-7-14(25-2)8-6-12/h3-10H,11H2,1-2H3,(H,19,22,24)/b15-10-. The lowest BCUT2D eigenvalue weighted by atomic mass is 10.1. The Kier molecular flexibility index (Phi) is 4.38. The minimum Gasteiger partial charge on any atom is -0.497 e. The van der Waals surface area contributed by atoms with E-state index in [0.717, 1.165) is 10.5 Å². The second-order valence-corrected chi connectivity index (χ2v) is 5.60. The summed E-state index contributed by atoms with van der Waals surface area (Å²) >= 11 is 0. The molecule has 0 bridgehead atoms. The normalized spacial score (nSPS) is 16.3. The Balaban J connectivity index is 1.87. The zero-order chi connectivity index (χ0) is 18.0. The van der Waals surface area contributed by atoms with E-state index >= 15 is 0 Å². The molecule has 0 saturated carbocycles. The second-order valence-electron chi connectivity index (χ2n) is 5.60. The van der Waals surface area contributed by atoms with Gasteiger partial charge in [0, 0.05) is 18.9 Å². The zero-order valence-electron chi connectivity index (χ0n) is 13.9. The van der Waals surface area contributed by atoms with Crippen LogP contribution >= 0.6 is 0 Å². The number of urea groups is 1. The Labute approximate surface area is 144 Å². The minimum absolute atomic E-state index is 0.0619. The van der Waals surface area contributed by atoms with Crippen molar-refractivity contribution in [3.63, 3.8) is 0 Å². The van der Waals surface area contributed by atoms with E-state index in [0.29, 0.717) is 11.4 Å². The van der Waals surface area contributed by atoms with Crippen LogP contribution < -0.4 is 10.1 Å². The molecule has 128 valence electrons. The van der Waals surface area contributed by atoms with Crippen LogP contribution in [0.3, 0.4) is 0 Å². The van der Waals surface area contributed by atoms with Crippen molar-refractivity contribution < 1.29 is 19.1 Å². The van der Waals surface area contributed by atoms with Crippen molar-refractivity contribution in [2.75, 3.05) is 7.11 Å². The van der Waals surface area contributed by atoms with Gasteiger partial charge in [-0.15, -0.1) is 0 Å². The summed E-state index contributed by atoms with van der Waals surface area (Å²) in [6.45, 7) is 0.0619. The van der Waals surface area contributed by atoms with Gasteiger partial charge in [-0.25, -0.2) is 4.79 Å². The highest BCUT2D eigenvalue weighted by Crippen LogP contribution is 2.18. The van der Waals surface area contributed by atoms with Crippen LogP contribution in [0.15, 0.2) is 48.2 Å². The number of aryl methyl sites for hydroxylation is 1. The van der Waals surface area contributed by atoms with Crippen molar-refractivity contribution in [3.8, 4) is 5.75 Å². The monoisotopic (exact) mass is 339 g/mol. The molecule has 1 aliphatic heterocycles. The minimum atomic E-state index is -0.727. The fourth-order valence-corrected chi connectivity index (χ4v) is 2.52. The van der Waals surface area contributed by atoms with E-state index in [2.05, 4.69) is 5.32 Å². The number of amides is 4. The van der Waals surface area contributed by atoms with E-state index < -0.39 is 17.8 Å². The molecule has 2 heterocycles. The highest BCUT2D eigenvalue weighted by molar-refractivity contribution is 6.30. The number of nitrogens with one attached hydrogen (secondary N) is 1. The number of hydrogen-bond donors (Lipinski definition) is 1. The second kappa shape index (κ2) is 6.64. The number of carbonyl (C=O) groups is 3. The average Bonchev–Trinajstić information content (AvgIpc) is 3.01. The number of carbonyl (C=O) groups excluding carboxylic acids is 3. The highest BCUT2D eigenvalue weighted by Gasteiger charge is 2.35. The van der Waals surface area contributed by atoms with Crippen LogP contribution in [0.25, 0.3) is 6.08 Å². The van der Waals surface area contributed by atoms with Gasteiger partial charge in [-0.2, -0.15) is 0 Å². The number of hydrogen-bond acceptors (Lipinski definition) is 4. The molecule has 0 aliphatic carbocycles. The van der Waals surface area contributed by atoms with E-state index in [1.165, 1.54) is 6.08 Å². The first-order chi connectivity index (χ1) is 12.0. The first-order valence-electron chi connectivity index (χ1n) is 7.62. The molecule has 1 N–H and O–H groups in total. The Morgan fingerprint density at radius 2 is 1.84 bits per heavy atom. The maximum absolute atomic E-state index is 12.7. The number of aromatic nitrogens is 1. The zero-order valence-corrected chi connectivity index (χ0v) is 13.9. The van der Waals surface area contributed by atoms with E-state index in [-0.39, 0.29) is 12.1 Å². The SMILES string of the molecule is COc1ccc(CN2C(=O)NC(=O)/C(=C/c3cccn3C)C2=O)cc1. The highest BCUT2D eigenvalue weighted by atomic mass is 16.5. The Bertz CT molecular complexity index is 865. The van der Waals surface area contributed by atoms with Gasteiger partial charge in [0.2, 0.25) is 0 Å². The number of benzene rings is 1. The van der Waals surface area contributed by atoms with Crippen LogP contribution in [0.5, 0.6) is 5.75 Å². The molecule has 1 aromatic heterocycles. The van der Waals surface area contributed by atoms with Gasteiger partial charge in [-0.3, -0.25) is 19.8 Å². The third-order valence-corrected chi connectivity index (χ3v) is 3.96. The number of nitrogens with zero attached hydrogens (tertiary/aromatic N) is 2. The van der Waals surface area contributed by atoms with E-state index in [1.54, 1.807) is 61.3 Å². The fourth-order valence-electron chi connectivity index (χ4n) is 2.52. The molecule has 1 aliphatic rings. The van der Waals surface area contributed by atoms with Crippen LogP contribution in [-0.4, -0.2) is 34.4 Å². The molecule has 3 rings (SSSR count). The van der Waals surface area contributed by atoms with Crippen molar-refractivity contribution in [2.24, 2.45) is 7.05 Å². The predicted octanol–water partition coefficient (Wildman–Crippen LogP) is 1.70.